The third-order valence-electron chi connectivity index (χ3n) is 6.16. The summed E-state index contributed by atoms with van der Waals surface area (Å²) in [6.45, 7) is 1.26. The van der Waals surface area contributed by atoms with Crippen molar-refractivity contribution in [2.45, 2.75) is 49.5 Å². The van der Waals surface area contributed by atoms with Crippen molar-refractivity contribution in [1.29, 1.82) is 0 Å². The lowest BCUT2D eigenvalue weighted by molar-refractivity contribution is -0.120. The van der Waals surface area contributed by atoms with Crippen LogP contribution in [0.1, 0.15) is 43.4 Å². The number of nitrogens with zero attached hydrogens (tertiary/aromatic N) is 5. The predicted molar refractivity (Wildman–Crippen MR) is 103 cm³/mol. The van der Waals surface area contributed by atoms with Crippen LogP contribution in [0.2, 0.25) is 0 Å². The van der Waals surface area contributed by atoms with Crippen molar-refractivity contribution in [3.05, 3.63) is 36.0 Å². The van der Waals surface area contributed by atoms with E-state index in [-0.39, 0.29) is 23.7 Å². The number of anilines is 2. The smallest absolute Gasteiger partial charge is 0.254 e. The van der Waals surface area contributed by atoms with Gasteiger partial charge in [-0.15, -0.1) is 0 Å². The number of rotatable bonds is 4. The summed E-state index contributed by atoms with van der Waals surface area (Å²) in [6, 6.07) is 6.62. The first-order valence-corrected chi connectivity index (χ1v) is 10.0. The number of benzene rings is 1. The maximum Gasteiger partial charge on any atom is 0.254 e. The Labute approximate surface area is 167 Å². The van der Waals surface area contributed by atoms with Crippen molar-refractivity contribution in [1.82, 2.24) is 10.1 Å². The second-order valence-electron chi connectivity index (χ2n) is 8.12. The van der Waals surface area contributed by atoms with Gasteiger partial charge in [0.2, 0.25) is 5.82 Å². The summed E-state index contributed by atoms with van der Waals surface area (Å²) in [5.41, 5.74) is 0.787. The molecule has 0 spiro atoms. The fourth-order valence-corrected chi connectivity index (χ4v) is 4.37. The maximum atomic E-state index is 13.6. The fourth-order valence-electron chi connectivity index (χ4n) is 4.37. The van der Waals surface area contributed by atoms with Gasteiger partial charge in [-0.25, -0.2) is 0 Å². The highest BCUT2D eigenvalue weighted by atomic mass is 16.5. The number of aromatic nitrogens is 2. The molecule has 1 N–H and O–H groups in total. The molecule has 1 saturated heterocycles. The number of amides is 1. The molecule has 4 heterocycles. The first kappa shape index (κ1) is 17.1. The Balaban J connectivity index is 1.36. The topological polar surface area (TPSA) is 104 Å². The summed E-state index contributed by atoms with van der Waals surface area (Å²) >= 11 is 0. The van der Waals surface area contributed by atoms with Crippen LogP contribution in [0.15, 0.2) is 33.8 Å². The van der Waals surface area contributed by atoms with Crippen LogP contribution in [0.3, 0.4) is 0 Å². The summed E-state index contributed by atoms with van der Waals surface area (Å²) in [4.78, 5) is 26.1. The quantitative estimate of drug-likeness (QED) is 0.837. The second-order valence-corrected chi connectivity index (χ2v) is 8.12. The molecule has 9 heteroatoms. The van der Waals surface area contributed by atoms with E-state index >= 15 is 0 Å². The third kappa shape index (κ3) is 2.61. The molecule has 1 amide bonds. The number of aliphatic imine (C=N–C) groups is 1. The normalized spacial score (nSPS) is 29.3. The molecule has 1 aromatic carbocycles. The van der Waals surface area contributed by atoms with Crippen LogP contribution in [-0.2, 0) is 15.1 Å². The first-order chi connectivity index (χ1) is 14.1. The number of carbonyl (C=O) groups is 1. The lowest BCUT2D eigenvalue weighted by atomic mass is 10.0. The number of hydrogen-bond acceptors (Lipinski definition) is 8. The minimum atomic E-state index is -0.987. The summed E-state index contributed by atoms with van der Waals surface area (Å²) in [5, 5.41) is 14.2. The van der Waals surface area contributed by atoms with Crippen LogP contribution in [0.4, 0.5) is 11.4 Å². The maximum absolute atomic E-state index is 13.6. The van der Waals surface area contributed by atoms with E-state index in [1.807, 2.05) is 29.2 Å². The molecular formula is C20H21N5O4. The molecule has 1 aliphatic carbocycles. The lowest BCUT2D eigenvalue weighted by Gasteiger charge is -2.39. The molecule has 4 aliphatic rings. The van der Waals surface area contributed by atoms with Crippen molar-refractivity contribution < 1.29 is 19.2 Å². The zero-order valence-electron chi connectivity index (χ0n) is 15.8. The Bertz CT molecular complexity index is 994. The van der Waals surface area contributed by atoms with Crippen LogP contribution in [0.5, 0.6) is 0 Å². The highest BCUT2D eigenvalue weighted by molar-refractivity contribution is 6.11. The molecule has 29 heavy (non-hydrogen) atoms. The molecule has 2 fully saturated rings. The van der Waals surface area contributed by atoms with Crippen LogP contribution in [0, 0.1) is 0 Å². The number of para-hydroxylation sites is 2. The Morgan fingerprint density at radius 1 is 1.24 bits per heavy atom. The zero-order chi connectivity index (χ0) is 19.6. The van der Waals surface area contributed by atoms with E-state index in [2.05, 4.69) is 15.1 Å². The Hall–Kier alpha value is -2.78. The Morgan fingerprint density at radius 2 is 2.07 bits per heavy atom. The standard InChI is InChI=1S/C20H21N5O4/c26-18-16-15(17-22-19(23-29-17)20(27)7-8-20)21-11-25(16)14-6-2-1-5-13(14)24(18)10-12-4-3-9-28-12/h1-2,5-6,11-12,15-16,27H,3-4,7-10H2. The van der Waals surface area contributed by atoms with Gasteiger partial charge in [0.25, 0.3) is 11.8 Å². The van der Waals surface area contributed by atoms with Gasteiger partial charge in [0.05, 0.1) is 30.4 Å². The largest absolute Gasteiger partial charge is 0.382 e. The number of aliphatic hydroxyl groups is 1. The van der Waals surface area contributed by atoms with Crippen molar-refractivity contribution in [3.8, 4) is 0 Å². The highest BCUT2D eigenvalue weighted by Gasteiger charge is 2.51. The van der Waals surface area contributed by atoms with Crippen LogP contribution < -0.4 is 9.80 Å². The van der Waals surface area contributed by atoms with E-state index in [0.29, 0.717) is 19.4 Å². The number of hydrogen-bond donors (Lipinski definition) is 1. The summed E-state index contributed by atoms with van der Waals surface area (Å²) < 4.78 is 11.2. The van der Waals surface area contributed by atoms with Gasteiger partial charge in [-0.1, -0.05) is 17.3 Å². The first-order valence-electron chi connectivity index (χ1n) is 10.0. The minimum absolute atomic E-state index is 0.0402. The van der Waals surface area contributed by atoms with Gasteiger partial charge in [0.15, 0.2) is 6.04 Å². The summed E-state index contributed by atoms with van der Waals surface area (Å²) in [6.07, 6.45) is 4.92. The Morgan fingerprint density at radius 3 is 2.83 bits per heavy atom. The van der Waals surface area contributed by atoms with E-state index in [4.69, 9.17) is 9.26 Å². The molecule has 0 radical (unpaired) electrons. The highest BCUT2D eigenvalue weighted by Crippen LogP contribution is 2.46. The molecule has 6 rings (SSSR count). The van der Waals surface area contributed by atoms with Crippen LogP contribution >= 0.6 is 0 Å². The fraction of sp³-hybridized carbons (Fsp3) is 0.500. The molecule has 150 valence electrons. The minimum Gasteiger partial charge on any atom is -0.382 e. The monoisotopic (exact) mass is 395 g/mol. The van der Waals surface area contributed by atoms with E-state index in [9.17, 15) is 9.90 Å². The van der Waals surface area contributed by atoms with Gasteiger partial charge in [0.1, 0.15) is 11.6 Å². The van der Waals surface area contributed by atoms with Crippen molar-refractivity contribution in [2.24, 2.45) is 4.99 Å². The van der Waals surface area contributed by atoms with Gasteiger partial charge in [0, 0.05) is 6.61 Å². The molecule has 9 nitrogen and oxygen atoms in total. The molecule has 1 saturated carbocycles. The van der Waals surface area contributed by atoms with Gasteiger partial charge in [-0.05, 0) is 37.8 Å². The van der Waals surface area contributed by atoms with Gasteiger partial charge in [-0.3, -0.25) is 9.79 Å². The molecule has 0 bridgehead atoms. The average molecular weight is 395 g/mol. The van der Waals surface area contributed by atoms with E-state index in [0.717, 1.165) is 30.8 Å². The third-order valence-corrected chi connectivity index (χ3v) is 6.16. The van der Waals surface area contributed by atoms with E-state index in [1.54, 1.807) is 11.2 Å². The Kier molecular flexibility index (Phi) is 3.60. The zero-order valence-corrected chi connectivity index (χ0v) is 15.8. The van der Waals surface area contributed by atoms with Gasteiger partial charge in [-0.2, -0.15) is 4.98 Å². The second kappa shape index (κ2) is 6.11. The SMILES string of the molecule is O=C1C2C(c3nc(C4(O)CC4)no3)N=CN2c2ccccc2N1CC1CCCO1. The summed E-state index contributed by atoms with van der Waals surface area (Å²) in [5.74, 6) is 0.474. The van der Waals surface area contributed by atoms with Crippen LogP contribution in [0.25, 0.3) is 0 Å². The molecule has 3 aliphatic heterocycles. The molecule has 3 atom stereocenters. The van der Waals surface area contributed by atoms with Gasteiger partial charge < -0.3 is 24.2 Å². The van der Waals surface area contributed by atoms with E-state index in [1.165, 1.54) is 0 Å². The number of fused-ring (bicyclic) bond motifs is 3. The molecule has 2 aromatic rings. The lowest BCUT2D eigenvalue weighted by Crippen LogP contribution is -2.54. The van der Waals surface area contributed by atoms with Crippen molar-refractivity contribution >= 4 is 23.6 Å². The van der Waals surface area contributed by atoms with Gasteiger partial charge >= 0.3 is 0 Å². The van der Waals surface area contributed by atoms with Crippen molar-refractivity contribution in [3.63, 3.8) is 0 Å². The molecule has 1 aromatic heterocycles. The number of carbonyl (C=O) groups excluding carboxylic acids is 1. The molecular weight excluding hydrogens is 374 g/mol. The van der Waals surface area contributed by atoms with Crippen LogP contribution in [-0.4, -0.2) is 52.8 Å². The van der Waals surface area contributed by atoms with Crippen molar-refractivity contribution in [2.75, 3.05) is 23.0 Å². The number of ether oxygens (including phenoxy) is 1. The average Bonchev–Trinajstić information content (AvgIpc) is 3.21. The predicted octanol–water partition coefficient (Wildman–Crippen LogP) is 1.53. The van der Waals surface area contributed by atoms with E-state index < -0.39 is 17.7 Å². The molecule has 3 unspecified atom stereocenters. The summed E-state index contributed by atoms with van der Waals surface area (Å²) in [7, 11) is 0.